The lowest BCUT2D eigenvalue weighted by molar-refractivity contribution is -0.143. The second-order valence-corrected chi connectivity index (χ2v) is 8.78. The van der Waals surface area contributed by atoms with Crippen LogP contribution in [0, 0.1) is 13.8 Å². The van der Waals surface area contributed by atoms with Crippen LogP contribution in [0.5, 0.6) is 0 Å². The van der Waals surface area contributed by atoms with E-state index in [2.05, 4.69) is 4.99 Å². The molecule has 0 aliphatic carbocycles. The zero-order valence-electron chi connectivity index (χ0n) is 18.6. The lowest BCUT2D eigenvalue weighted by Crippen LogP contribution is -2.28. The summed E-state index contributed by atoms with van der Waals surface area (Å²) in [6, 6.07) is 10.2. The van der Waals surface area contributed by atoms with Crippen molar-refractivity contribution in [2.75, 3.05) is 11.5 Å². The molecule has 0 atom stereocenters. The van der Waals surface area contributed by atoms with Gasteiger partial charge < -0.3 is 9.30 Å². The van der Waals surface area contributed by atoms with Gasteiger partial charge in [0.2, 0.25) is 11.8 Å². The highest BCUT2D eigenvalue weighted by Crippen LogP contribution is 2.24. The van der Waals surface area contributed by atoms with Crippen LogP contribution in [0.2, 0.25) is 0 Å². The van der Waals surface area contributed by atoms with Crippen molar-refractivity contribution in [1.82, 2.24) is 4.57 Å². The first-order chi connectivity index (χ1) is 15.8. The monoisotopic (exact) mass is 465 g/mol. The number of amides is 3. The molecular formula is C24H23N3O5S. The SMILES string of the molecule is CCOC(=O)Cn1c(=NC(=O)c2ccc(N3C(=O)CCC3=O)cc2)sc2cc(C)c(C)cc21. The van der Waals surface area contributed by atoms with E-state index < -0.39 is 11.9 Å². The lowest BCUT2D eigenvalue weighted by Gasteiger charge is -2.13. The van der Waals surface area contributed by atoms with Crippen molar-refractivity contribution >= 4 is 50.9 Å². The molecule has 170 valence electrons. The summed E-state index contributed by atoms with van der Waals surface area (Å²) < 4.78 is 7.71. The van der Waals surface area contributed by atoms with Crippen LogP contribution in [0.1, 0.15) is 41.3 Å². The number of imide groups is 1. The van der Waals surface area contributed by atoms with Gasteiger partial charge in [0.15, 0.2) is 4.80 Å². The molecule has 2 aromatic carbocycles. The molecule has 2 heterocycles. The molecule has 0 spiro atoms. The molecule has 0 unspecified atom stereocenters. The minimum Gasteiger partial charge on any atom is -0.465 e. The lowest BCUT2D eigenvalue weighted by atomic mass is 10.1. The van der Waals surface area contributed by atoms with Crippen molar-refractivity contribution in [1.29, 1.82) is 0 Å². The van der Waals surface area contributed by atoms with Gasteiger partial charge in [-0.2, -0.15) is 4.99 Å². The van der Waals surface area contributed by atoms with Gasteiger partial charge in [0.1, 0.15) is 6.54 Å². The summed E-state index contributed by atoms with van der Waals surface area (Å²) in [6.45, 7) is 5.94. The van der Waals surface area contributed by atoms with Crippen LogP contribution in [-0.2, 0) is 25.7 Å². The summed E-state index contributed by atoms with van der Waals surface area (Å²) in [7, 11) is 0. The molecule has 1 aliphatic heterocycles. The molecule has 4 rings (SSSR count). The molecule has 0 saturated carbocycles. The molecule has 0 radical (unpaired) electrons. The second-order valence-electron chi connectivity index (χ2n) is 7.77. The van der Waals surface area contributed by atoms with Crippen LogP contribution in [0.25, 0.3) is 10.2 Å². The number of carbonyl (C=O) groups is 4. The Morgan fingerprint density at radius 1 is 1.03 bits per heavy atom. The van der Waals surface area contributed by atoms with E-state index in [1.54, 1.807) is 23.6 Å². The minimum absolute atomic E-state index is 0.0550. The number of anilines is 1. The number of nitrogens with zero attached hydrogens (tertiary/aromatic N) is 3. The Morgan fingerprint density at radius 3 is 2.30 bits per heavy atom. The predicted octanol–water partition coefficient (Wildman–Crippen LogP) is 3.28. The quantitative estimate of drug-likeness (QED) is 0.425. The first kappa shape index (κ1) is 22.6. The van der Waals surface area contributed by atoms with Crippen LogP contribution < -0.4 is 9.70 Å². The summed E-state index contributed by atoms with van der Waals surface area (Å²) in [4.78, 5) is 54.8. The summed E-state index contributed by atoms with van der Waals surface area (Å²) in [5.74, 6) is -1.40. The van der Waals surface area contributed by atoms with Crippen LogP contribution in [0.15, 0.2) is 41.4 Å². The number of rotatable bonds is 5. The van der Waals surface area contributed by atoms with E-state index in [0.29, 0.717) is 16.1 Å². The molecule has 0 bridgehead atoms. The van der Waals surface area contributed by atoms with Gasteiger partial charge in [-0.1, -0.05) is 11.3 Å². The van der Waals surface area contributed by atoms with Crippen LogP contribution in [0.4, 0.5) is 5.69 Å². The van der Waals surface area contributed by atoms with Crippen molar-refractivity contribution in [3.8, 4) is 0 Å². The maximum atomic E-state index is 12.9. The summed E-state index contributed by atoms with van der Waals surface area (Å²) in [5.41, 5.74) is 3.72. The van der Waals surface area contributed by atoms with Crippen LogP contribution >= 0.6 is 11.3 Å². The number of aryl methyl sites for hydroxylation is 2. The highest BCUT2D eigenvalue weighted by atomic mass is 32.1. The fraction of sp³-hybridized carbons (Fsp3) is 0.292. The number of thiazole rings is 1. The van der Waals surface area contributed by atoms with Gasteiger partial charge in [-0.15, -0.1) is 0 Å². The smallest absolute Gasteiger partial charge is 0.326 e. The number of fused-ring (bicyclic) bond motifs is 1. The standard InChI is InChI=1S/C24H23N3O5S/c1-4-32-22(30)13-26-18-11-14(2)15(3)12-19(18)33-24(26)25-23(31)16-5-7-17(8-6-16)27-20(28)9-10-21(27)29/h5-8,11-12H,4,9-10,13H2,1-3H3. The third kappa shape index (κ3) is 4.49. The third-order valence-electron chi connectivity index (χ3n) is 5.51. The minimum atomic E-state index is -0.488. The predicted molar refractivity (Wildman–Crippen MR) is 124 cm³/mol. The Hall–Kier alpha value is -3.59. The van der Waals surface area contributed by atoms with Crippen molar-refractivity contribution in [2.45, 2.75) is 40.2 Å². The zero-order valence-corrected chi connectivity index (χ0v) is 19.4. The van der Waals surface area contributed by atoms with Crippen LogP contribution in [0.3, 0.4) is 0 Å². The van der Waals surface area contributed by atoms with E-state index in [4.69, 9.17) is 4.74 Å². The number of carbonyl (C=O) groups excluding carboxylic acids is 4. The number of esters is 1. The Morgan fingerprint density at radius 2 is 1.67 bits per heavy atom. The largest absolute Gasteiger partial charge is 0.465 e. The van der Waals surface area contributed by atoms with Gasteiger partial charge in [-0.25, -0.2) is 0 Å². The van der Waals surface area contributed by atoms with E-state index in [-0.39, 0.29) is 37.8 Å². The Kier molecular flexibility index (Phi) is 6.24. The maximum Gasteiger partial charge on any atom is 0.326 e. The molecule has 9 heteroatoms. The highest BCUT2D eigenvalue weighted by molar-refractivity contribution is 7.16. The maximum absolute atomic E-state index is 12.9. The molecule has 33 heavy (non-hydrogen) atoms. The molecule has 1 fully saturated rings. The van der Waals surface area contributed by atoms with Crippen molar-refractivity contribution in [3.05, 3.63) is 57.9 Å². The molecule has 1 saturated heterocycles. The Balaban J connectivity index is 1.71. The van der Waals surface area contributed by atoms with E-state index in [0.717, 1.165) is 26.2 Å². The molecule has 0 N–H and O–H groups in total. The summed E-state index contributed by atoms with van der Waals surface area (Å²) >= 11 is 1.32. The first-order valence-electron chi connectivity index (χ1n) is 10.6. The zero-order chi connectivity index (χ0) is 23.7. The average molecular weight is 466 g/mol. The summed E-state index contributed by atoms with van der Waals surface area (Å²) in [6.07, 6.45) is 0.389. The van der Waals surface area contributed by atoms with Crippen LogP contribution in [-0.4, -0.2) is 34.9 Å². The van der Waals surface area contributed by atoms with E-state index >= 15 is 0 Å². The van der Waals surface area contributed by atoms with Gasteiger partial charge in [0.25, 0.3) is 5.91 Å². The van der Waals surface area contributed by atoms with E-state index in [1.807, 2.05) is 26.0 Å². The average Bonchev–Trinajstić information content (AvgIpc) is 3.27. The molecule has 3 aromatic rings. The topological polar surface area (TPSA) is 98.0 Å². The number of hydrogen-bond acceptors (Lipinski definition) is 6. The second kappa shape index (κ2) is 9.11. The summed E-state index contributed by atoms with van der Waals surface area (Å²) in [5, 5.41) is 0. The van der Waals surface area contributed by atoms with E-state index in [1.165, 1.54) is 23.5 Å². The fourth-order valence-electron chi connectivity index (χ4n) is 3.66. The normalized spacial score (nSPS) is 14.4. The number of aromatic nitrogens is 1. The molecule has 1 aromatic heterocycles. The molecular weight excluding hydrogens is 442 g/mol. The number of hydrogen-bond donors (Lipinski definition) is 0. The highest BCUT2D eigenvalue weighted by Gasteiger charge is 2.30. The Bertz CT molecular complexity index is 1330. The molecule has 3 amide bonds. The van der Waals surface area contributed by atoms with Gasteiger partial charge >= 0.3 is 5.97 Å². The number of ether oxygens (including phenoxy) is 1. The third-order valence-corrected chi connectivity index (χ3v) is 6.55. The van der Waals surface area contributed by atoms with Gasteiger partial charge in [0, 0.05) is 18.4 Å². The van der Waals surface area contributed by atoms with E-state index in [9.17, 15) is 19.2 Å². The molecule has 1 aliphatic rings. The fourth-order valence-corrected chi connectivity index (χ4v) is 4.77. The van der Waals surface area contributed by atoms with Gasteiger partial charge in [-0.05, 0) is 68.3 Å². The number of benzene rings is 2. The first-order valence-corrected chi connectivity index (χ1v) is 11.4. The van der Waals surface area contributed by atoms with Gasteiger partial charge in [0.05, 0.1) is 22.5 Å². The van der Waals surface area contributed by atoms with Crippen molar-refractivity contribution in [2.24, 2.45) is 4.99 Å². The van der Waals surface area contributed by atoms with Crippen molar-refractivity contribution < 1.29 is 23.9 Å². The van der Waals surface area contributed by atoms with Gasteiger partial charge in [-0.3, -0.25) is 24.1 Å². The Labute approximate surface area is 194 Å². The molecule has 8 nitrogen and oxygen atoms in total. The van der Waals surface area contributed by atoms with Crippen molar-refractivity contribution in [3.63, 3.8) is 0 Å².